The van der Waals surface area contributed by atoms with Crippen LogP contribution in [0.2, 0.25) is 0 Å². The second-order valence-electron chi connectivity index (χ2n) is 4.90. The lowest BCUT2D eigenvalue weighted by atomic mass is 10.0. The highest BCUT2D eigenvalue weighted by molar-refractivity contribution is 8.13. The largest absolute Gasteiger partial charge is 0.443 e. The molecule has 5 heteroatoms. The van der Waals surface area contributed by atoms with E-state index in [0.29, 0.717) is 23.5 Å². The van der Waals surface area contributed by atoms with Gasteiger partial charge in [0.15, 0.2) is 0 Å². The van der Waals surface area contributed by atoms with Crippen LogP contribution < -0.4 is 0 Å². The number of benzene rings is 1. The molecule has 2 aromatic rings. The first kappa shape index (κ1) is 13.4. The molecule has 18 heavy (non-hydrogen) atoms. The Morgan fingerprint density at radius 3 is 2.56 bits per heavy atom. The predicted octanol–water partition coefficient (Wildman–Crippen LogP) is 3.87. The molecule has 0 aliphatic heterocycles. The predicted molar refractivity (Wildman–Crippen MR) is 72.5 cm³/mol. The van der Waals surface area contributed by atoms with Gasteiger partial charge in [0.05, 0.1) is 0 Å². The van der Waals surface area contributed by atoms with Crippen molar-refractivity contribution in [2.24, 2.45) is 5.92 Å². The minimum Gasteiger partial charge on any atom is -0.443 e. The van der Waals surface area contributed by atoms with Crippen LogP contribution in [0.15, 0.2) is 27.7 Å². The standard InChI is InChI=1S/C13H15ClO3S/c1-8(2)6-11-10-7-9(3)4-5-12(10)17-13(11)18(14,15)16/h4-5,7-8H,6H2,1-3H3. The van der Waals surface area contributed by atoms with E-state index in [4.69, 9.17) is 15.1 Å². The zero-order valence-electron chi connectivity index (χ0n) is 10.5. The van der Waals surface area contributed by atoms with E-state index in [9.17, 15) is 8.42 Å². The van der Waals surface area contributed by atoms with Crippen LogP contribution >= 0.6 is 10.7 Å². The molecule has 1 aromatic carbocycles. The Balaban J connectivity index is 2.77. The smallest absolute Gasteiger partial charge is 0.294 e. The first-order valence-corrected chi connectivity index (χ1v) is 8.06. The van der Waals surface area contributed by atoms with Crippen LogP contribution in [-0.2, 0) is 15.5 Å². The number of fused-ring (bicyclic) bond motifs is 1. The van der Waals surface area contributed by atoms with Gasteiger partial charge >= 0.3 is 0 Å². The highest BCUT2D eigenvalue weighted by Gasteiger charge is 2.24. The molecule has 0 unspecified atom stereocenters. The molecule has 0 aliphatic carbocycles. The fraction of sp³-hybridized carbons (Fsp3) is 0.385. The second-order valence-corrected chi connectivity index (χ2v) is 7.37. The van der Waals surface area contributed by atoms with E-state index in [0.717, 1.165) is 10.9 Å². The summed E-state index contributed by atoms with van der Waals surface area (Å²) in [5, 5.41) is 0.724. The Labute approximate surface area is 111 Å². The van der Waals surface area contributed by atoms with E-state index in [1.807, 2.05) is 32.9 Å². The van der Waals surface area contributed by atoms with Gasteiger partial charge in [-0.2, -0.15) is 0 Å². The Hall–Kier alpha value is -1.000. The number of hydrogen-bond donors (Lipinski definition) is 0. The van der Waals surface area contributed by atoms with Gasteiger partial charge in [0.25, 0.3) is 9.05 Å². The zero-order chi connectivity index (χ0) is 13.5. The number of aryl methyl sites for hydroxylation is 1. The Kier molecular flexibility index (Phi) is 3.43. The molecule has 2 rings (SSSR count). The van der Waals surface area contributed by atoms with Crippen LogP contribution in [0.25, 0.3) is 11.0 Å². The number of furan rings is 1. The van der Waals surface area contributed by atoms with Gasteiger partial charge in [-0.25, -0.2) is 8.42 Å². The number of halogens is 1. The minimum absolute atomic E-state index is 0.113. The summed E-state index contributed by atoms with van der Waals surface area (Å²) in [4.78, 5) is 0. The summed E-state index contributed by atoms with van der Waals surface area (Å²) in [6, 6.07) is 5.60. The van der Waals surface area contributed by atoms with E-state index in [1.54, 1.807) is 6.07 Å². The van der Waals surface area contributed by atoms with Gasteiger partial charge in [-0.3, -0.25) is 0 Å². The molecule has 0 aliphatic rings. The van der Waals surface area contributed by atoms with Gasteiger partial charge in [0, 0.05) is 21.6 Å². The molecule has 0 saturated carbocycles. The maximum absolute atomic E-state index is 11.6. The molecule has 0 bridgehead atoms. The van der Waals surface area contributed by atoms with Gasteiger partial charge < -0.3 is 4.42 Å². The summed E-state index contributed by atoms with van der Waals surface area (Å²) < 4.78 is 28.5. The first-order valence-electron chi connectivity index (χ1n) is 5.75. The lowest BCUT2D eigenvalue weighted by molar-refractivity contribution is 0.474. The number of hydrogen-bond acceptors (Lipinski definition) is 3. The average Bonchev–Trinajstić information content (AvgIpc) is 2.56. The van der Waals surface area contributed by atoms with Gasteiger partial charge in [0.2, 0.25) is 5.09 Å². The van der Waals surface area contributed by atoms with Gasteiger partial charge in [-0.15, -0.1) is 0 Å². The number of rotatable bonds is 3. The highest BCUT2D eigenvalue weighted by atomic mass is 35.7. The molecular formula is C13H15ClO3S. The molecule has 0 spiro atoms. The molecule has 0 saturated heterocycles. The average molecular weight is 287 g/mol. The Bertz CT molecular complexity index is 684. The second kappa shape index (κ2) is 4.59. The third kappa shape index (κ3) is 2.54. The van der Waals surface area contributed by atoms with Crippen molar-refractivity contribution >= 4 is 30.7 Å². The molecule has 0 atom stereocenters. The maximum Gasteiger partial charge on any atom is 0.294 e. The SMILES string of the molecule is Cc1ccc2oc(S(=O)(=O)Cl)c(CC(C)C)c2c1. The molecule has 0 fully saturated rings. The molecule has 0 N–H and O–H groups in total. The summed E-state index contributed by atoms with van der Waals surface area (Å²) in [7, 11) is 1.59. The van der Waals surface area contributed by atoms with E-state index >= 15 is 0 Å². The quantitative estimate of drug-likeness (QED) is 0.805. The van der Waals surface area contributed by atoms with Gasteiger partial charge in [0.1, 0.15) is 5.58 Å². The molecule has 3 nitrogen and oxygen atoms in total. The van der Waals surface area contributed by atoms with Crippen molar-refractivity contribution in [3.63, 3.8) is 0 Å². The summed E-state index contributed by atoms with van der Waals surface area (Å²) in [5.41, 5.74) is 2.31. The van der Waals surface area contributed by atoms with E-state index in [-0.39, 0.29) is 5.09 Å². The van der Waals surface area contributed by atoms with Crippen LogP contribution in [0.3, 0.4) is 0 Å². The topological polar surface area (TPSA) is 47.3 Å². The first-order chi connectivity index (χ1) is 8.29. The Morgan fingerprint density at radius 1 is 1.33 bits per heavy atom. The van der Waals surface area contributed by atoms with Crippen molar-refractivity contribution in [1.29, 1.82) is 0 Å². The van der Waals surface area contributed by atoms with Crippen LogP contribution in [0.4, 0.5) is 0 Å². The molecule has 0 radical (unpaired) electrons. The normalized spacial score (nSPS) is 12.5. The highest BCUT2D eigenvalue weighted by Crippen LogP contribution is 2.33. The van der Waals surface area contributed by atoms with E-state index in [1.165, 1.54) is 0 Å². The van der Waals surface area contributed by atoms with Crippen LogP contribution in [0.5, 0.6) is 0 Å². The lowest BCUT2D eigenvalue weighted by Gasteiger charge is -2.04. The zero-order valence-corrected chi connectivity index (χ0v) is 12.1. The molecule has 0 amide bonds. The monoisotopic (exact) mass is 286 g/mol. The van der Waals surface area contributed by atoms with Crippen molar-refractivity contribution in [1.82, 2.24) is 0 Å². The third-order valence-corrected chi connectivity index (χ3v) is 3.94. The van der Waals surface area contributed by atoms with Crippen molar-refractivity contribution in [2.75, 3.05) is 0 Å². The Morgan fingerprint density at radius 2 is 2.00 bits per heavy atom. The summed E-state index contributed by atoms with van der Waals surface area (Å²) in [6.45, 7) is 6.01. The third-order valence-electron chi connectivity index (χ3n) is 2.74. The fourth-order valence-electron chi connectivity index (χ4n) is 2.04. The lowest BCUT2D eigenvalue weighted by Crippen LogP contribution is -1.99. The van der Waals surface area contributed by atoms with Gasteiger partial charge in [-0.1, -0.05) is 25.5 Å². The molecule has 98 valence electrons. The maximum atomic E-state index is 11.6. The molecule has 1 heterocycles. The van der Waals surface area contributed by atoms with E-state index in [2.05, 4.69) is 0 Å². The van der Waals surface area contributed by atoms with Crippen LogP contribution in [0.1, 0.15) is 25.0 Å². The van der Waals surface area contributed by atoms with Crippen molar-refractivity contribution < 1.29 is 12.8 Å². The van der Waals surface area contributed by atoms with Crippen LogP contribution in [0, 0.1) is 12.8 Å². The van der Waals surface area contributed by atoms with Gasteiger partial charge in [-0.05, 0) is 31.4 Å². The van der Waals surface area contributed by atoms with Crippen molar-refractivity contribution in [3.8, 4) is 0 Å². The molecule has 1 aromatic heterocycles. The summed E-state index contributed by atoms with van der Waals surface area (Å²) in [5.74, 6) is 0.323. The summed E-state index contributed by atoms with van der Waals surface area (Å²) in [6.07, 6.45) is 0.623. The van der Waals surface area contributed by atoms with Crippen LogP contribution in [-0.4, -0.2) is 8.42 Å². The molecular weight excluding hydrogens is 272 g/mol. The fourth-order valence-corrected chi connectivity index (χ4v) is 3.09. The summed E-state index contributed by atoms with van der Waals surface area (Å²) >= 11 is 0. The van der Waals surface area contributed by atoms with E-state index < -0.39 is 9.05 Å². The minimum atomic E-state index is -3.85. The van der Waals surface area contributed by atoms with Crippen molar-refractivity contribution in [2.45, 2.75) is 32.3 Å². The van der Waals surface area contributed by atoms with Crippen molar-refractivity contribution in [3.05, 3.63) is 29.3 Å².